The predicted octanol–water partition coefficient (Wildman–Crippen LogP) is -1.37. The number of hydrogen-bond donors (Lipinski definition) is 0. The number of fused-ring (bicyclic) bond motifs is 3. The van der Waals surface area contributed by atoms with E-state index in [4.69, 9.17) is 4.98 Å². The van der Waals surface area contributed by atoms with Crippen molar-refractivity contribution < 1.29 is 0 Å². The fourth-order valence-electron chi connectivity index (χ4n) is 8.12. The first-order valence-corrected chi connectivity index (χ1v) is 17.7. The van der Waals surface area contributed by atoms with Gasteiger partial charge in [0.2, 0.25) is 0 Å². The number of nitrogens with zero attached hydrogens (tertiary/aromatic N) is 2. The van der Waals surface area contributed by atoms with Crippen LogP contribution >= 0.6 is 0 Å². The number of para-hydroxylation sites is 2. The minimum atomic E-state index is -0.108. The van der Waals surface area contributed by atoms with Gasteiger partial charge in [-0.3, -0.25) is 4.57 Å². The van der Waals surface area contributed by atoms with Crippen molar-refractivity contribution in [2.75, 3.05) is 0 Å². The molecule has 0 amide bonds. The summed E-state index contributed by atoms with van der Waals surface area (Å²) in [4.78, 5) is 5.08. The van der Waals surface area contributed by atoms with Crippen molar-refractivity contribution in [3.8, 4) is 39.1 Å². The van der Waals surface area contributed by atoms with Crippen molar-refractivity contribution in [3.63, 3.8) is 0 Å². The summed E-state index contributed by atoms with van der Waals surface area (Å²) in [5, 5.41) is 4.95. The van der Waals surface area contributed by atoms with Gasteiger partial charge in [-0.05, 0) is 79.2 Å². The molecule has 0 spiro atoms. The van der Waals surface area contributed by atoms with E-state index in [0.29, 0.717) is 0 Å². The largest absolute Gasteiger partial charge is 0.298 e. The number of benzene rings is 7. The molecule has 1 aromatic heterocycles. The van der Waals surface area contributed by atoms with Crippen LogP contribution in [0.1, 0.15) is 5.82 Å². The Morgan fingerprint density at radius 1 is 0.440 bits per heavy atom. The van der Waals surface area contributed by atoms with Crippen LogP contribution in [-0.4, -0.2) is 72.3 Å². The Bertz CT molecular complexity index is 2550. The van der Waals surface area contributed by atoms with Crippen LogP contribution in [0.3, 0.4) is 0 Å². The molecule has 50 heavy (non-hydrogen) atoms. The Balaban J connectivity index is 1.38. The van der Waals surface area contributed by atoms with E-state index in [2.05, 4.69) is 189 Å². The quantitative estimate of drug-likeness (QED) is 0.170. The highest BCUT2D eigenvalue weighted by molar-refractivity contribution is 6.68. The van der Waals surface area contributed by atoms with Crippen LogP contribution < -0.4 is 27.3 Å². The molecular formula is C40H36B8N2. The standard InChI is InChI=1S/C40H36B8N2/c41-34-33(35(42)37(44)38(45)36(34)43)28-14-6-5-13-27(28)32-25-11-3-1-9-23(25)31(24-10-2-4-12-26(24)32)21-17-19-22(20-18-21)50-30-16-8-7-15-29(30)49-39(50)40(46,47)48/h1-20H,41-48H2. The summed E-state index contributed by atoms with van der Waals surface area (Å²) in [6.45, 7) is 0. The molecule has 0 saturated heterocycles. The molecule has 0 bridgehead atoms. The highest BCUT2D eigenvalue weighted by Gasteiger charge is 2.25. The smallest absolute Gasteiger partial charge is 0.139 e. The lowest BCUT2D eigenvalue weighted by Gasteiger charge is -2.24. The highest BCUT2D eigenvalue weighted by atomic mass is 15.1. The molecule has 2 nitrogen and oxygen atoms in total. The van der Waals surface area contributed by atoms with Crippen LogP contribution in [0, 0.1) is 0 Å². The molecule has 0 radical (unpaired) electrons. The van der Waals surface area contributed by atoms with Crippen molar-refractivity contribution in [2.24, 2.45) is 0 Å². The Morgan fingerprint density at radius 2 is 0.880 bits per heavy atom. The van der Waals surface area contributed by atoms with Gasteiger partial charge in [0.1, 0.15) is 39.2 Å². The maximum atomic E-state index is 5.08. The normalized spacial score (nSPS) is 11.8. The molecule has 0 unspecified atom stereocenters. The first-order chi connectivity index (χ1) is 24.1. The topological polar surface area (TPSA) is 17.8 Å². The fourth-order valence-corrected chi connectivity index (χ4v) is 8.12. The minimum Gasteiger partial charge on any atom is -0.298 e. The van der Waals surface area contributed by atoms with Gasteiger partial charge < -0.3 is 0 Å². The van der Waals surface area contributed by atoms with E-state index < -0.39 is 0 Å². The van der Waals surface area contributed by atoms with E-state index in [1.807, 2.05) is 0 Å². The Hall–Kier alpha value is -4.95. The Morgan fingerprint density at radius 3 is 1.42 bits per heavy atom. The molecule has 8 rings (SSSR count). The summed E-state index contributed by atoms with van der Waals surface area (Å²) in [6.07, 6.45) is 0. The van der Waals surface area contributed by atoms with Gasteiger partial charge in [0, 0.05) is 5.69 Å². The Kier molecular flexibility index (Phi) is 7.83. The van der Waals surface area contributed by atoms with Gasteiger partial charge in [0.25, 0.3) is 0 Å². The molecular weight excluding hydrogens is 595 g/mol. The van der Waals surface area contributed by atoms with E-state index in [1.54, 1.807) is 0 Å². The Labute approximate surface area is 302 Å². The first kappa shape index (κ1) is 32.3. The van der Waals surface area contributed by atoms with Crippen LogP contribution in [0.5, 0.6) is 0 Å². The van der Waals surface area contributed by atoms with Gasteiger partial charge in [0.05, 0.1) is 40.4 Å². The van der Waals surface area contributed by atoms with Crippen molar-refractivity contribution in [2.45, 2.75) is 5.11 Å². The van der Waals surface area contributed by atoms with Crippen molar-refractivity contribution >= 4 is 123 Å². The molecule has 10 heteroatoms. The van der Waals surface area contributed by atoms with E-state index in [0.717, 1.165) is 22.5 Å². The molecule has 0 aliphatic rings. The van der Waals surface area contributed by atoms with Gasteiger partial charge in [-0.25, -0.2) is 4.98 Å². The van der Waals surface area contributed by atoms with Crippen molar-refractivity contribution in [1.82, 2.24) is 9.55 Å². The SMILES string of the molecule is Bc1c(B)c(B)c(-c2ccccc2-c2c3ccccc3c(-c3ccc(-n4c(C(B)(B)B)nc5ccccc54)cc3)c3ccccc23)c(B)c1B. The van der Waals surface area contributed by atoms with Crippen LogP contribution in [-0.2, 0) is 5.11 Å². The molecule has 8 aromatic rings. The van der Waals surface area contributed by atoms with E-state index in [1.165, 1.54) is 82.2 Å². The third-order valence-corrected chi connectivity index (χ3v) is 11.0. The molecule has 0 atom stereocenters. The van der Waals surface area contributed by atoms with Crippen LogP contribution in [0.4, 0.5) is 0 Å². The zero-order chi connectivity index (χ0) is 34.9. The molecule has 0 aliphatic heterocycles. The second kappa shape index (κ2) is 12.1. The lowest BCUT2D eigenvalue weighted by Crippen LogP contribution is -2.55. The fraction of sp³-hybridized carbons (Fsp3) is 0.0250. The average Bonchev–Trinajstić information content (AvgIpc) is 3.53. The summed E-state index contributed by atoms with van der Waals surface area (Å²) in [5.41, 5.74) is 17.9. The van der Waals surface area contributed by atoms with E-state index >= 15 is 0 Å². The maximum Gasteiger partial charge on any atom is 0.139 e. The zero-order valence-corrected chi connectivity index (χ0v) is 30.4. The molecule has 0 N–H and O–H groups in total. The third kappa shape index (κ3) is 5.03. The molecule has 0 fully saturated rings. The van der Waals surface area contributed by atoms with Crippen LogP contribution in [0.25, 0.3) is 71.6 Å². The summed E-state index contributed by atoms with van der Waals surface area (Å²) in [5.74, 6) is 1.06. The summed E-state index contributed by atoms with van der Waals surface area (Å²) in [6, 6.07) is 44.5. The van der Waals surface area contributed by atoms with Gasteiger partial charge in [0.15, 0.2) is 0 Å². The van der Waals surface area contributed by atoms with E-state index in [-0.39, 0.29) is 5.11 Å². The summed E-state index contributed by atoms with van der Waals surface area (Å²) >= 11 is 0. The maximum absolute atomic E-state index is 5.08. The molecule has 7 aromatic carbocycles. The molecule has 230 valence electrons. The minimum absolute atomic E-state index is 0.108. The van der Waals surface area contributed by atoms with Gasteiger partial charge >= 0.3 is 0 Å². The second-order valence-electron chi connectivity index (χ2n) is 14.9. The monoisotopic (exact) mass is 632 g/mol. The third-order valence-electron chi connectivity index (χ3n) is 11.0. The molecule has 0 aliphatic carbocycles. The number of rotatable bonds is 5. The average molecular weight is 631 g/mol. The lowest BCUT2D eigenvalue weighted by atomic mass is 9.42. The van der Waals surface area contributed by atoms with Gasteiger partial charge in [-0.1, -0.05) is 113 Å². The van der Waals surface area contributed by atoms with Gasteiger partial charge in [-0.15, -0.1) is 16.4 Å². The zero-order valence-electron chi connectivity index (χ0n) is 30.4. The van der Waals surface area contributed by atoms with Crippen LogP contribution in [0.15, 0.2) is 121 Å². The van der Waals surface area contributed by atoms with Crippen LogP contribution in [0.2, 0.25) is 0 Å². The highest BCUT2D eigenvalue weighted by Crippen LogP contribution is 2.45. The predicted molar refractivity (Wildman–Crippen MR) is 241 cm³/mol. The second-order valence-corrected chi connectivity index (χ2v) is 14.9. The van der Waals surface area contributed by atoms with Crippen molar-refractivity contribution in [3.05, 3.63) is 127 Å². The summed E-state index contributed by atoms with van der Waals surface area (Å²) < 4.78 is 2.33. The summed E-state index contributed by atoms with van der Waals surface area (Å²) in [7, 11) is 18.1. The van der Waals surface area contributed by atoms with Gasteiger partial charge in [-0.2, -0.15) is 0 Å². The van der Waals surface area contributed by atoms with E-state index in [9.17, 15) is 0 Å². The number of hydrogen-bond acceptors (Lipinski definition) is 1. The first-order valence-electron chi connectivity index (χ1n) is 17.7. The number of aromatic nitrogens is 2. The lowest BCUT2D eigenvalue weighted by molar-refractivity contribution is 0.929. The number of imidazole rings is 1. The van der Waals surface area contributed by atoms with Crippen molar-refractivity contribution in [1.29, 1.82) is 0 Å². The molecule has 1 heterocycles. The molecule has 0 saturated carbocycles.